The van der Waals surface area contributed by atoms with E-state index in [2.05, 4.69) is 13.8 Å². The molecule has 1 heterocycles. The average Bonchev–Trinajstić information content (AvgIpc) is 2.04. The van der Waals surface area contributed by atoms with Gasteiger partial charge in [0, 0.05) is 0 Å². The highest BCUT2D eigenvalue weighted by molar-refractivity contribution is 4.79. The molecule has 1 fully saturated rings. The van der Waals surface area contributed by atoms with E-state index in [0.29, 0.717) is 18.4 Å². The molecule has 0 spiro atoms. The van der Waals surface area contributed by atoms with E-state index in [4.69, 9.17) is 9.84 Å². The molecule has 3 nitrogen and oxygen atoms in total. The Morgan fingerprint density at radius 1 is 1.50 bits per heavy atom. The Morgan fingerprint density at radius 3 is 2.58 bits per heavy atom. The minimum Gasteiger partial charge on any atom is -0.394 e. The Bertz CT molecular complexity index is 136. The second-order valence-corrected chi connectivity index (χ2v) is 3.86. The second kappa shape index (κ2) is 4.21. The van der Waals surface area contributed by atoms with Crippen LogP contribution in [0, 0.1) is 11.8 Å². The van der Waals surface area contributed by atoms with E-state index < -0.39 is 6.10 Å². The Hall–Kier alpha value is -0.120. The Kier molecular flexibility index (Phi) is 3.50. The smallest absolute Gasteiger partial charge is 0.106 e. The van der Waals surface area contributed by atoms with Crippen LogP contribution in [0.4, 0.5) is 0 Å². The molecule has 0 bridgehead atoms. The molecule has 1 aliphatic heterocycles. The van der Waals surface area contributed by atoms with Crippen molar-refractivity contribution >= 4 is 0 Å². The van der Waals surface area contributed by atoms with Crippen molar-refractivity contribution < 1.29 is 14.9 Å². The average molecular weight is 174 g/mol. The predicted molar refractivity (Wildman–Crippen MR) is 45.8 cm³/mol. The van der Waals surface area contributed by atoms with Gasteiger partial charge in [0.25, 0.3) is 0 Å². The lowest BCUT2D eigenvalue weighted by Crippen LogP contribution is -2.42. The highest BCUT2D eigenvalue weighted by Crippen LogP contribution is 2.25. The summed E-state index contributed by atoms with van der Waals surface area (Å²) in [6.45, 7) is 4.84. The van der Waals surface area contributed by atoms with Gasteiger partial charge in [-0.15, -0.1) is 0 Å². The molecule has 12 heavy (non-hydrogen) atoms. The summed E-state index contributed by atoms with van der Waals surface area (Å²) in [6, 6.07) is 0. The molecule has 1 aliphatic rings. The molecule has 0 aromatic heterocycles. The fraction of sp³-hybridized carbons (Fsp3) is 1.00. The van der Waals surface area contributed by atoms with Crippen LogP contribution in [0.3, 0.4) is 0 Å². The molecule has 0 aromatic rings. The van der Waals surface area contributed by atoms with Crippen LogP contribution in [-0.4, -0.2) is 35.6 Å². The van der Waals surface area contributed by atoms with Crippen LogP contribution < -0.4 is 0 Å². The summed E-state index contributed by atoms with van der Waals surface area (Å²) in [4.78, 5) is 0. The molecular weight excluding hydrogens is 156 g/mol. The summed E-state index contributed by atoms with van der Waals surface area (Å²) in [7, 11) is 0. The van der Waals surface area contributed by atoms with Crippen molar-refractivity contribution in [2.45, 2.75) is 32.5 Å². The molecule has 0 aromatic carbocycles. The van der Waals surface area contributed by atoms with Gasteiger partial charge in [0.1, 0.15) is 6.10 Å². The van der Waals surface area contributed by atoms with E-state index in [1.54, 1.807) is 0 Å². The number of aliphatic hydroxyl groups excluding tert-OH is 2. The lowest BCUT2D eigenvalue weighted by atomic mass is 9.87. The molecule has 3 atom stereocenters. The van der Waals surface area contributed by atoms with Crippen LogP contribution in [0.15, 0.2) is 0 Å². The summed E-state index contributed by atoms with van der Waals surface area (Å²) in [5, 5.41) is 18.3. The number of hydrogen-bond acceptors (Lipinski definition) is 3. The zero-order chi connectivity index (χ0) is 9.14. The zero-order valence-electron chi connectivity index (χ0n) is 7.73. The minimum absolute atomic E-state index is 0.0774. The monoisotopic (exact) mass is 174 g/mol. The molecule has 2 N–H and O–H groups in total. The molecule has 1 rings (SSSR count). The normalized spacial score (nSPS) is 37.2. The molecular formula is C9H18O3. The fourth-order valence-electron chi connectivity index (χ4n) is 1.53. The summed E-state index contributed by atoms with van der Waals surface area (Å²) < 4.78 is 5.31. The van der Waals surface area contributed by atoms with Gasteiger partial charge in [-0.3, -0.25) is 0 Å². The van der Waals surface area contributed by atoms with E-state index in [1.165, 1.54) is 0 Å². The van der Waals surface area contributed by atoms with Gasteiger partial charge in [0.05, 0.1) is 19.3 Å². The van der Waals surface area contributed by atoms with Gasteiger partial charge in [-0.25, -0.2) is 0 Å². The molecule has 0 radical (unpaired) electrons. The largest absolute Gasteiger partial charge is 0.394 e. The first-order chi connectivity index (χ1) is 5.65. The molecule has 3 heteroatoms. The highest BCUT2D eigenvalue weighted by atomic mass is 16.5. The zero-order valence-corrected chi connectivity index (χ0v) is 7.73. The lowest BCUT2D eigenvalue weighted by molar-refractivity contribution is -0.123. The number of ether oxygens (including phenoxy) is 1. The van der Waals surface area contributed by atoms with Gasteiger partial charge in [-0.2, -0.15) is 0 Å². The van der Waals surface area contributed by atoms with Crippen molar-refractivity contribution in [3.63, 3.8) is 0 Å². The first-order valence-corrected chi connectivity index (χ1v) is 4.55. The van der Waals surface area contributed by atoms with Crippen molar-refractivity contribution in [1.29, 1.82) is 0 Å². The quantitative estimate of drug-likeness (QED) is 0.637. The minimum atomic E-state index is -0.490. The highest BCUT2D eigenvalue weighted by Gasteiger charge is 2.30. The van der Waals surface area contributed by atoms with Crippen molar-refractivity contribution in [2.75, 3.05) is 13.2 Å². The molecule has 1 saturated heterocycles. The van der Waals surface area contributed by atoms with Crippen LogP contribution in [-0.2, 0) is 4.74 Å². The molecule has 0 saturated carbocycles. The topological polar surface area (TPSA) is 49.7 Å². The number of aliphatic hydroxyl groups is 2. The molecule has 0 aliphatic carbocycles. The summed E-state index contributed by atoms with van der Waals surface area (Å²) in [6.07, 6.45) is -0.0979. The molecule has 0 amide bonds. The third kappa shape index (κ3) is 2.19. The summed E-state index contributed by atoms with van der Waals surface area (Å²) >= 11 is 0. The maximum Gasteiger partial charge on any atom is 0.106 e. The van der Waals surface area contributed by atoms with Crippen LogP contribution >= 0.6 is 0 Å². The van der Waals surface area contributed by atoms with E-state index >= 15 is 0 Å². The van der Waals surface area contributed by atoms with Crippen LogP contribution in [0.5, 0.6) is 0 Å². The fourth-order valence-corrected chi connectivity index (χ4v) is 1.53. The second-order valence-electron chi connectivity index (χ2n) is 3.86. The van der Waals surface area contributed by atoms with Gasteiger partial charge in [0.2, 0.25) is 0 Å². The van der Waals surface area contributed by atoms with Gasteiger partial charge >= 0.3 is 0 Å². The predicted octanol–water partition coefficient (Wildman–Crippen LogP) is 0.401. The van der Waals surface area contributed by atoms with Gasteiger partial charge in [-0.1, -0.05) is 13.8 Å². The van der Waals surface area contributed by atoms with E-state index in [1.807, 2.05) is 0 Å². The first-order valence-electron chi connectivity index (χ1n) is 4.55. The van der Waals surface area contributed by atoms with Crippen molar-refractivity contribution in [2.24, 2.45) is 11.8 Å². The Labute approximate surface area is 73.4 Å². The van der Waals surface area contributed by atoms with Crippen LogP contribution in [0.1, 0.15) is 20.3 Å². The third-order valence-corrected chi connectivity index (χ3v) is 2.62. The lowest BCUT2D eigenvalue weighted by Gasteiger charge is -2.34. The van der Waals surface area contributed by atoms with Crippen LogP contribution in [0.25, 0.3) is 0 Å². The van der Waals surface area contributed by atoms with Crippen molar-refractivity contribution in [3.8, 4) is 0 Å². The third-order valence-electron chi connectivity index (χ3n) is 2.62. The maximum absolute atomic E-state index is 9.50. The maximum atomic E-state index is 9.50. The number of hydrogen-bond donors (Lipinski definition) is 2. The summed E-state index contributed by atoms with van der Waals surface area (Å²) in [5.74, 6) is 0.974. The molecule has 72 valence electrons. The Balaban J connectivity index is 2.40. The standard InChI is InChI=1S/C9H18O3/c1-6(2)7-3-8(11)9(4-10)12-5-7/h6-11H,3-5H2,1-2H3/t7?,8-,9+/m0/s1. The van der Waals surface area contributed by atoms with E-state index in [0.717, 1.165) is 6.42 Å². The van der Waals surface area contributed by atoms with Gasteiger partial charge in [-0.05, 0) is 18.3 Å². The van der Waals surface area contributed by atoms with Crippen LogP contribution in [0.2, 0.25) is 0 Å². The van der Waals surface area contributed by atoms with Crippen molar-refractivity contribution in [1.82, 2.24) is 0 Å². The Morgan fingerprint density at radius 2 is 2.17 bits per heavy atom. The summed E-state index contributed by atoms with van der Waals surface area (Å²) in [5.41, 5.74) is 0. The van der Waals surface area contributed by atoms with E-state index in [-0.39, 0.29) is 12.7 Å². The van der Waals surface area contributed by atoms with Gasteiger partial charge < -0.3 is 14.9 Å². The molecule has 1 unspecified atom stereocenters. The first kappa shape index (κ1) is 9.96. The van der Waals surface area contributed by atoms with Gasteiger partial charge in [0.15, 0.2) is 0 Å². The number of rotatable bonds is 2. The van der Waals surface area contributed by atoms with E-state index in [9.17, 15) is 5.11 Å². The SMILES string of the molecule is CC(C)C1CO[C@H](CO)[C@@H](O)C1. The van der Waals surface area contributed by atoms with Crippen molar-refractivity contribution in [3.05, 3.63) is 0 Å².